The zero-order valence-electron chi connectivity index (χ0n) is 13.8. The molecule has 2 rings (SSSR count). The first-order chi connectivity index (χ1) is 11.7. The molecule has 7 nitrogen and oxygen atoms in total. The third-order valence-electron chi connectivity index (χ3n) is 4.24. The van der Waals surface area contributed by atoms with E-state index in [0.717, 1.165) is 25.1 Å². The van der Waals surface area contributed by atoms with Crippen molar-refractivity contribution in [3.05, 3.63) is 40.3 Å². The first-order valence-electron chi connectivity index (χ1n) is 7.73. The molecule has 0 N–H and O–H groups in total. The first-order valence-corrected chi connectivity index (χ1v) is 7.73. The summed E-state index contributed by atoms with van der Waals surface area (Å²) in [6.07, 6.45) is 1.02. The molecule has 130 valence electrons. The average molecular weight is 336 g/mol. The molecule has 0 unspecified atom stereocenters. The van der Waals surface area contributed by atoms with E-state index in [1.807, 2.05) is 17.0 Å². The van der Waals surface area contributed by atoms with Crippen molar-refractivity contribution in [2.75, 3.05) is 32.3 Å². The molecule has 1 aliphatic rings. The van der Waals surface area contributed by atoms with Gasteiger partial charge in [0.1, 0.15) is 12.7 Å². The van der Waals surface area contributed by atoms with Crippen LogP contribution in [0.25, 0.3) is 10.4 Å². The van der Waals surface area contributed by atoms with Gasteiger partial charge in [0.05, 0.1) is 19.3 Å². The number of esters is 1. The van der Waals surface area contributed by atoms with E-state index in [9.17, 15) is 9.18 Å². The average Bonchev–Trinajstić information content (AvgIpc) is 3.11. The number of benzene rings is 1. The Labute approximate surface area is 140 Å². The second kappa shape index (κ2) is 8.52. The Morgan fingerprint density at radius 3 is 2.71 bits per heavy atom. The van der Waals surface area contributed by atoms with Gasteiger partial charge in [0.2, 0.25) is 0 Å². The van der Waals surface area contributed by atoms with E-state index in [1.165, 1.54) is 14.2 Å². The lowest BCUT2D eigenvalue weighted by Gasteiger charge is -2.26. The third-order valence-corrected chi connectivity index (χ3v) is 4.24. The number of hydrogen-bond donors (Lipinski definition) is 0. The summed E-state index contributed by atoms with van der Waals surface area (Å²) in [6.45, 7) is -0.0283. The van der Waals surface area contributed by atoms with Gasteiger partial charge in [-0.1, -0.05) is 17.2 Å². The molecule has 0 saturated carbocycles. The zero-order valence-corrected chi connectivity index (χ0v) is 13.8. The van der Waals surface area contributed by atoms with E-state index < -0.39 is 18.8 Å². The normalized spacial score (nSPS) is 19.5. The van der Waals surface area contributed by atoms with Crippen LogP contribution in [0.4, 0.5) is 10.1 Å². The molecule has 0 spiro atoms. The van der Waals surface area contributed by atoms with Crippen LogP contribution in [-0.2, 0) is 14.3 Å². The molecule has 24 heavy (non-hydrogen) atoms. The van der Waals surface area contributed by atoms with Crippen molar-refractivity contribution in [3.8, 4) is 0 Å². The lowest BCUT2D eigenvalue weighted by molar-refractivity contribution is -0.141. The van der Waals surface area contributed by atoms with Crippen LogP contribution in [0.15, 0.2) is 29.4 Å². The SMILES string of the molecule is COC(=O)[C@H]1CCCN1c1ccc([C@@H](OC)[C@@H](CF)N=[N+]=[N-])cc1. The minimum absolute atomic E-state index is 0.243. The van der Waals surface area contributed by atoms with Gasteiger partial charge in [0.15, 0.2) is 0 Å². The number of carbonyl (C=O) groups is 1. The Kier molecular flexibility index (Phi) is 6.40. The highest BCUT2D eigenvalue weighted by Crippen LogP contribution is 2.30. The van der Waals surface area contributed by atoms with Crippen LogP contribution in [0.5, 0.6) is 0 Å². The van der Waals surface area contributed by atoms with Crippen molar-refractivity contribution in [1.82, 2.24) is 0 Å². The maximum Gasteiger partial charge on any atom is 0.328 e. The minimum atomic E-state index is -0.916. The maximum absolute atomic E-state index is 13.1. The minimum Gasteiger partial charge on any atom is -0.467 e. The number of azide groups is 1. The van der Waals surface area contributed by atoms with Gasteiger partial charge in [0.25, 0.3) is 0 Å². The predicted octanol–water partition coefficient (Wildman–Crippen LogP) is 3.16. The first kappa shape index (κ1) is 18.0. The molecule has 0 radical (unpaired) electrons. The molecule has 1 aromatic rings. The van der Waals surface area contributed by atoms with Crippen molar-refractivity contribution in [3.63, 3.8) is 0 Å². The summed E-state index contributed by atoms with van der Waals surface area (Å²) in [5.41, 5.74) is 10.1. The molecule has 1 aromatic carbocycles. The number of nitrogens with zero attached hydrogens (tertiary/aromatic N) is 4. The van der Waals surface area contributed by atoms with Gasteiger partial charge in [-0.3, -0.25) is 4.39 Å². The summed E-state index contributed by atoms with van der Waals surface area (Å²) in [7, 11) is 2.83. The molecule has 1 saturated heterocycles. The summed E-state index contributed by atoms with van der Waals surface area (Å²) < 4.78 is 23.2. The highest BCUT2D eigenvalue weighted by molar-refractivity contribution is 5.80. The number of halogens is 1. The van der Waals surface area contributed by atoms with Crippen molar-refractivity contribution in [1.29, 1.82) is 0 Å². The Morgan fingerprint density at radius 1 is 1.46 bits per heavy atom. The van der Waals surface area contributed by atoms with Gasteiger partial charge >= 0.3 is 5.97 Å². The number of ether oxygens (including phenoxy) is 2. The number of rotatable bonds is 7. The van der Waals surface area contributed by atoms with Crippen LogP contribution in [0.3, 0.4) is 0 Å². The summed E-state index contributed by atoms with van der Waals surface area (Å²) in [6, 6.07) is 6.11. The fourth-order valence-electron chi connectivity index (χ4n) is 3.07. The number of methoxy groups -OCH3 is 2. The van der Waals surface area contributed by atoms with Crippen LogP contribution in [-0.4, -0.2) is 45.5 Å². The largest absolute Gasteiger partial charge is 0.467 e. The fourth-order valence-corrected chi connectivity index (χ4v) is 3.07. The van der Waals surface area contributed by atoms with Crippen molar-refractivity contribution >= 4 is 11.7 Å². The van der Waals surface area contributed by atoms with Gasteiger partial charge in [-0.2, -0.15) is 0 Å². The molecule has 0 bridgehead atoms. The topological polar surface area (TPSA) is 87.5 Å². The van der Waals surface area contributed by atoms with Gasteiger partial charge in [-0.05, 0) is 36.1 Å². The van der Waals surface area contributed by atoms with E-state index in [4.69, 9.17) is 15.0 Å². The molecule has 3 atom stereocenters. The smallest absolute Gasteiger partial charge is 0.328 e. The number of alkyl halides is 1. The van der Waals surface area contributed by atoms with Crippen molar-refractivity contribution < 1.29 is 18.7 Å². The van der Waals surface area contributed by atoms with Crippen LogP contribution in [0.2, 0.25) is 0 Å². The summed E-state index contributed by atoms with van der Waals surface area (Å²) in [5, 5.41) is 3.45. The van der Waals surface area contributed by atoms with Gasteiger partial charge in [0, 0.05) is 24.3 Å². The molecule has 1 aliphatic heterocycles. The number of carbonyl (C=O) groups excluding carboxylic acids is 1. The Bertz CT molecular complexity index is 604. The zero-order chi connectivity index (χ0) is 17.5. The lowest BCUT2D eigenvalue weighted by atomic mass is 10.0. The summed E-state index contributed by atoms with van der Waals surface area (Å²) >= 11 is 0. The lowest BCUT2D eigenvalue weighted by Crippen LogP contribution is -2.36. The van der Waals surface area contributed by atoms with Gasteiger partial charge in [-0.25, -0.2) is 4.79 Å². The summed E-state index contributed by atoms with van der Waals surface area (Å²) in [4.78, 5) is 16.5. The quantitative estimate of drug-likeness (QED) is 0.331. The van der Waals surface area contributed by atoms with E-state index in [1.54, 1.807) is 12.1 Å². The Hall–Kier alpha value is -2.31. The van der Waals surface area contributed by atoms with E-state index in [0.29, 0.717) is 5.56 Å². The standard InChI is InChI=1S/C16H21FN4O3/c1-23-15(13(10-17)19-20-18)11-5-7-12(8-6-11)21-9-3-4-14(21)16(22)24-2/h5-8,13-15H,3-4,9-10H2,1-2H3/t13-,14-,15-/m1/s1. The molecule has 8 heteroatoms. The van der Waals surface area contributed by atoms with E-state index in [2.05, 4.69) is 10.0 Å². The monoisotopic (exact) mass is 336 g/mol. The second-order valence-electron chi connectivity index (χ2n) is 5.55. The molecular formula is C16H21FN4O3. The number of hydrogen-bond acceptors (Lipinski definition) is 5. The van der Waals surface area contributed by atoms with Crippen molar-refractivity contribution in [2.24, 2.45) is 5.11 Å². The predicted molar refractivity (Wildman–Crippen MR) is 87.5 cm³/mol. The Morgan fingerprint density at radius 2 is 2.17 bits per heavy atom. The van der Waals surface area contributed by atoms with Crippen LogP contribution >= 0.6 is 0 Å². The molecule has 0 aliphatic carbocycles. The highest BCUT2D eigenvalue weighted by atomic mass is 19.1. The molecule has 0 aromatic heterocycles. The van der Waals surface area contributed by atoms with Crippen molar-refractivity contribution in [2.45, 2.75) is 31.0 Å². The van der Waals surface area contributed by atoms with Gasteiger partial charge in [-0.15, -0.1) is 0 Å². The molecular weight excluding hydrogens is 315 g/mol. The summed E-state index contributed by atoms with van der Waals surface area (Å²) in [5.74, 6) is -0.243. The fraction of sp³-hybridized carbons (Fsp3) is 0.562. The van der Waals surface area contributed by atoms with Crippen LogP contribution in [0.1, 0.15) is 24.5 Å². The highest BCUT2D eigenvalue weighted by Gasteiger charge is 2.32. The second-order valence-corrected chi connectivity index (χ2v) is 5.55. The van der Waals surface area contributed by atoms with Crippen LogP contribution in [0, 0.1) is 0 Å². The molecule has 1 heterocycles. The number of anilines is 1. The van der Waals surface area contributed by atoms with E-state index >= 15 is 0 Å². The maximum atomic E-state index is 13.1. The molecule has 0 amide bonds. The molecule has 1 fully saturated rings. The van der Waals surface area contributed by atoms with Gasteiger partial charge < -0.3 is 14.4 Å². The van der Waals surface area contributed by atoms with Crippen LogP contribution < -0.4 is 4.90 Å². The third kappa shape index (κ3) is 3.77. The Balaban J connectivity index is 2.20. The van der Waals surface area contributed by atoms with E-state index in [-0.39, 0.29) is 12.0 Å².